The van der Waals surface area contributed by atoms with Gasteiger partial charge in [0.15, 0.2) is 0 Å². The van der Waals surface area contributed by atoms with Crippen molar-refractivity contribution in [1.29, 1.82) is 0 Å². The van der Waals surface area contributed by atoms with E-state index in [2.05, 4.69) is 57.4 Å². The van der Waals surface area contributed by atoms with Crippen LogP contribution in [-0.4, -0.2) is 84.7 Å². The van der Waals surface area contributed by atoms with E-state index >= 15 is 0 Å². The molecule has 6 heteroatoms. The van der Waals surface area contributed by atoms with Crippen LogP contribution in [0, 0.1) is 0 Å². The van der Waals surface area contributed by atoms with Crippen molar-refractivity contribution in [3.05, 3.63) is 70.8 Å². The first-order chi connectivity index (χ1) is 15.1. The van der Waals surface area contributed by atoms with E-state index in [9.17, 15) is 9.90 Å². The van der Waals surface area contributed by atoms with Gasteiger partial charge in [0.2, 0.25) is 0 Å². The number of fused-ring (bicyclic) bond motifs is 1. The van der Waals surface area contributed by atoms with Gasteiger partial charge in [0, 0.05) is 64.5 Å². The van der Waals surface area contributed by atoms with Gasteiger partial charge < -0.3 is 15.3 Å². The number of hydrogen-bond acceptors (Lipinski definition) is 5. The number of β-amino-alcohol motifs (C(OH)–C–C–N with tert-alkyl or cyclic N) is 1. The zero-order chi connectivity index (χ0) is 21.6. The lowest BCUT2D eigenvalue weighted by molar-refractivity contribution is 0.0841. The Morgan fingerprint density at radius 2 is 1.77 bits per heavy atom. The maximum Gasteiger partial charge on any atom is 0.251 e. The summed E-state index contributed by atoms with van der Waals surface area (Å²) in [5.41, 5.74) is 4.55. The lowest BCUT2D eigenvalue weighted by Crippen LogP contribution is -2.43. The van der Waals surface area contributed by atoms with Gasteiger partial charge in [-0.15, -0.1) is 0 Å². The number of amides is 1. The van der Waals surface area contributed by atoms with Crippen molar-refractivity contribution in [2.75, 3.05) is 52.9 Å². The summed E-state index contributed by atoms with van der Waals surface area (Å²) in [4.78, 5) is 19.7. The van der Waals surface area contributed by atoms with Crippen molar-refractivity contribution in [3.8, 4) is 0 Å². The van der Waals surface area contributed by atoms with E-state index in [1.54, 1.807) is 0 Å². The minimum atomic E-state index is -0.581. The molecule has 1 amide bonds. The number of benzene rings is 2. The summed E-state index contributed by atoms with van der Waals surface area (Å²) in [6, 6.07) is 16.3. The summed E-state index contributed by atoms with van der Waals surface area (Å²) in [5.74, 6) is -0.122. The first kappa shape index (κ1) is 22.0. The van der Waals surface area contributed by atoms with E-state index in [1.807, 2.05) is 18.2 Å². The van der Waals surface area contributed by atoms with Gasteiger partial charge in [-0.25, -0.2) is 0 Å². The molecule has 1 atom stereocenters. The summed E-state index contributed by atoms with van der Waals surface area (Å²) in [6.07, 6.45) is 0.428. The fourth-order valence-electron chi connectivity index (χ4n) is 4.46. The van der Waals surface area contributed by atoms with E-state index in [4.69, 9.17) is 0 Å². The van der Waals surface area contributed by atoms with Crippen LogP contribution in [0.2, 0.25) is 0 Å². The fraction of sp³-hybridized carbons (Fsp3) is 0.480. The topological polar surface area (TPSA) is 59.1 Å². The van der Waals surface area contributed by atoms with E-state index < -0.39 is 6.10 Å². The van der Waals surface area contributed by atoms with Crippen molar-refractivity contribution >= 4 is 5.91 Å². The van der Waals surface area contributed by atoms with Gasteiger partial charge in [-0.2, -0.15) is 0 Å². The highest BCUT2D eigenvalue weighted by atomic mass is 16.3. The number of likely N-dealkylation sites (N-methyl/N-ethyl adjacent to an activating group) is 1. The third kappa shape index (κ3) is 6.14. The highest BCUT2D eigenvalue weighted by Gasteiger charge is 2.19. The third-order valence-electron chi connectivity index (χ3n) is 6.37. The second-order valence-electron chi connectivity index (χ2n) is 8.90. The second-order valence-corrected chi connectivity index (χ2v) is 8.90. The molecule has 0 bridgehead atoms. The smallest absolute Gasteiger partial charge is 0.251 e. The minimum absolute atomic E-state index is 0.122. The van der Waals surface area contributed by atoms with Crippen LogP contribution < -0.4 is 5.32 Å². The number of rotatable bonds is 7. The molecular weight excluding hydrogens is 388 g/mol. The molecule has 1 fully saturated rings. The molecule has 1 saturated heterocycles. The Kier molecular flexibility index (Phi) is 7.35. The SMILES string of the molecule is CN1CCN(Cc2cccc(C(=O)NC[C@H](O)CN3CCc4ccccc4C3)c2)CC1. The maximum absolute atomic E-state index is 12.6. The number of carbonyl (C=O) groups excluding carboxylic acids is 1. The number of aliphatic hydroxyl groups excluding tert-OH is 1. The summed E-state index contributed by atoms with van der Waals surface area (Å²) >= 11 is 0. The number of hydrogen-bond donors (Lipinski definition) is 2. The second kappa shape index (κ2) is 10.4. The Morgan fingerprint density at radius 1 is 1.00 bits per heavy atom. The zero-order valence-corrected chi connectivity index (χ0v) is 18.5. The Labute approximate surface area is 185 Å². The van der Waals surface area contributed by atoms with Crippen LogP contribution in [0.4, 0.5) is 0 Å². The van der Waals surface area contributed by atoms with Crippen LogP contribution in [0.25, 0.3) is 0 Å². The number of aliphatic hydroxyl groups is 1. The molecule has 0 saturated carbocycles. The van der Waals surface area contributed by atoms with Gasteiger partial charge in [-0.1, -0.05) is 36.4 Å². The zero-order valence-electron chi connectivity index (χ0n) is 18.5. The molecule has 4 rings (SSSR count). The van der Waals surface area contributed by atoms with Crippen molar-refractivity contribution in [2.24, 2.45) is 0 Å². The van der Waals surface area contributed by atoms with Crippen LogP contribution in [-0.2, 0) is 19.5 Å². The Morgan fingerprint density at radius 3 is 2.58 bits per heavy atom. The predicted molar refractivity (Wildman–Crippen MR) is 123 cm³/mol. The number of piperazine rings is 1. The molecule has 2 aromatic rings. The summed E-state index contributed by atoms with van der Waals surface area (Å²) < 4.78 is 0. The van der Waals surface area contributed by atoms with Crippen LogP contribution in [0.3, 0.4) is 0 Å². The first-order valence-corrected chi connectivity index (χ1v) is 11.3. The lowest BCUT2D eigenvalue weighted by atomic mass is 10.00. The normalized spacial score (nSPS) is 19.0. The van der Waals surface area contributed by atoms with Crippen molar-refractivity contribution < 1.29 is 9.90 Å². The van der Waals surface area contributed by atoms with E-state index in [-0.39, 0.29) is 12.5 Å². The number of nitrogens with zero attached hydrogens (tertiary/aromatic N) is 3. The van der Waals surface area contributed by atoms with Crippen molar-refractivity contribution in [2.45, 2.75) is 25.6 Å². The minimum Gasteiger partial charge on any atom is -0.390 e. The van der Waals surface area contributed by atoms with Crippen LogP contribution >= 0.6 is 0 Å². The van der Waals surface area contributed by atoms with Gasteiger partial charge >= 0.3 is 0 Å². The van der Waals surface area contributed by atoms with Crippen LogP contribution in [0.1, 0.15) is 27.0 Å². The molecule has 31 heavy (non-hydrogen) atoms. The molecule has 2 N–H and O–H groups in total. The van der Waals surface area contributed by atoms with Gasteiger partial charge in [-0.3, -0.25) is 14.6 Å². The highest BCUT2D eigenvalue weighted by Crippen LogP contribution is 2.18. The van der Waals surface area contributed by atoms with Crippen LogP contribution in [0.15, 0.2) is 48.5 Å². The van der Waals surface area contributed by atoms with Gasteiger partial charge in [0.1, 0.15) is 0 Å². The molecule has 2 aromatic carbocycles. The third-order valence-corrected chi connectivity index (χ3v) is 6.37. The fourth-order valence-corrected chi connectivity index (χ4v) is 4.46. The number of nitrogens with one attached hydrogen (secondary N) is 1. The molecule has 0 unspecified atom stereocenters. The Hall–Kier alpha value is -2.25. The first-order valence-electron chi connectivity index (χ1n) is 11.3. The van der Waals surface area contributed by atoms with Crippen LogP contribution in [0.5, 0.6) is 0 Å². The van der Waals surface area contributed by atoms with Gasteiger partial charge in [0.05, 0.1) is 6.10 Å². The average Bonchev–Trinajstić information content (AvgIpc) is 2.79. The molecule has 166 valence electrons. The maximum atomic E-state index is 12.6. The largest absolute Gasteiger partial charge is 0.390 e. The molecule has 0 aromatic heterocycles. The molecule has 2 aliphatic rings. The Balaban J connectivity index is 1.24. The number of carbonyl (C=O) groups is 1. The van der Waals surface area contributed by atoms with Gasteiger partial charge in [-0.05, 0) is 42.3 Å². The standard InChI is InChI=1S/C25H34N4O2/c1-27-11-13-28(14-12-27)17-20-5-4-8-22(15-20)25(31)26-16-24(30)19-29-10-9-21-6-2-3-7-23(21)18-29/h2-8,15,24,30H,9-14,16-19H2,1H3,(H,26,31)/t24-/m0/s1. The van der Waals surface area contributed by atoms with Crippen molar-refractivity contribution in [3.63, 3.8) is 0 Å². The average molecular weight is 423 g/mol. The molecule has 2 heterocycles. The quantitative estimate of drug-likeness (QED) is 0.710. The lowest BCUT2D eigenvalue weighted by Gasteiger charge is -2.32. The summed E-state index contributed by atoms with van der Waals surface area (Å²) in [6.45, 7) is 7.78. The van der Waals surface area contributed by atoms with E-state index in [1.165, 1.54) is 11.1 Å². The summed E-state index contributed by atoms with van der Waals surface area (Å²) in [5, 5.41) is 13.4. The van der Waals surface area contributed by atoms with Crippen molar-refractivity contribution in [1.82, 2.24) is 20.0 Å². The molecule has 6 nitrogen and oxygen atoms in total. The molecule has 0 aliphatic carbocycles. The van der Waals surface area contributed by atoms with E-state index in [0.29, 0.717) is 12.1 Å². The summed E-state index contributed by atoms with van der Waals surface area (Å²) in [7, 11) is 2.15. The molecular formula is C25H34N4O2. The Bertz CT molecular complexity index is 879. The van der Waals surface area contributed by atoms with Gasteiger partial charge in [0.25, 0.3) is 5.91 Å². The molecule has 2 aliphatic heterocycles. The monoisotopic (exact) mass is 422 g/mol. The molecule has 0 radical (unpaired) electrons. The predicted octanol–water partition coefficient (Wildman–Crippen LogP) is 1.58. The highest BCUT2D eigenvalue weighted by molar-refractivity contribution is 5.94. The molecule has 0 spiro atoms. The van der Waals surface area contributed by atoms with E-state index in [0.717, 1.165) is 57.8 Å².